The average molecular weight is 490 g/mol. The Hall–Kier alpha value is -4.01. The molecule has 5 heteroatoms. The lowest BCUT2D eigenvalue weighted by Crippen LogP contribution is -2.16. The molecule has 1 fully saturated rings. The Bertz CT molecular complexity index is 1520. The van der Waals surface area contributed by atoms with Gasteiger partial charge in [0.25, 0.3) is 0 Å². The van der Waals surface area contributed by atoms with Crippen LogP contribution in [0.2, 0.25) is 0 Å². The number of hydrogen-bond acceptors (Lipinski definition) is 4. The first kappa shape index (κ1) is 22.5. The quantitative estimate of drug-likeness (QED) is 0.253. The van der Waals surface area contributed by atoms with Crippen molar-refractivity contribution < 1.29 is 4.74 Å². The van der Waals surface area contributed by atoms with E-state index in [9.17, 15) is 0 Å². The van der Waals surface area contributed by atoms with Crippen molar-refractivity contribution in [2.24, 2.45) is 0 Å². The Balaban J connectivity index is 1.36. The van der Waals surface area contributed by atoms with Crippen molar-refractivity contribution >= 4 is 22.8 Å². The molecule has 0 unspecified atom stereocenters. The molecule has 4 nitrogen and oxygen atoms in total. The number of pyridine rings is 1. The maximum atomic E-state index is 6.24. The third-order valence-electron chi connectivity index (χ3n) is 6.51. The number of imidazole rings is 1. The highest BCUT2D eigenvalue weighted by atomic mass is 32.1. The number of fused-ring (bicyclic) bond motifs is 1. The van der Waals surface area contributed by atoms with Crippen molar-refractivity contribution in [1.82, 2.24) is 9.38 Å². The first-order valence-corrected chi connectivity index (χ1v) is 13.3. The van der Waals surface area contributed by atoms with Crippen LogP contribution in [0.1, 0.15) is 42.4 Å². The summed E-state index contributed by atoms with van der Waals surface area (Å²) in [5.41, 5.74) is 4.94. The van der Waals surface area contributed by atoms with Gasteiger partial charge in [-0.3, -0.25) is 4.40 Å². The predicted octanol–water partition coefficient (Wildman–Crippen LogP) is 7.40. The second kappa shape index (κ2) is 10.3. The van der Waals surface area contributed by atoms with Crippen molar-refractivity contribution in [3.05, 3.63) is 107 Å². The Morgan fingerprint density at radius 3 is 2.47 bits per heavy atom. The van der Waals surface area contributed by atoms with Gasteiger partial charge in [-0.05, 0) is 48.7 Å². The fourth-order valence-electron chi connectivity index (χ4n) is 4.66. The smallest absolute Gasteiger partial charge is 0.182 e. The number of ether oxygens (including phenoxy) is 1. The van der Waals surface area contributed by atoms with Crippen molar-refractivity contribution in [1.29, 1.82) is 0 Å². The summed E-state index contributed by atoms with van der Waals surface area (Å²) in [6.07, 6.45) is 6.99. The van der Waals surface area contributed by atoms with E-state index in [-0.39, 0.29) is 0 Å². The molecule has 1 aliphatic rings. The molecule has 5 aromatic rings. The zero-order chi connectivity index (χ0) is 24.2. The van der Waals surface area contributed by atoms with Crippen LogP contribution in [0.15, 0.2) is 90.4 Å². The highest BCUT2D eigenvalue weighted by Crippen LogP contribution is 2.37. The molecule has 0 spiro atoms. The van der Waals surface area contributed by atoms with Gasteiger partial charge in [0.2, 0.25) is 0 Å². The van der Waals surface area contributed by atoms with Crippen LogP contribution in [-0.2, 0) is 6.61 Å². The number of nitrogens with one attached hydrogen (secondary N) is 1. The van der Waals surface area contributed by atoms with Gasteiger partial charge in [0, 0.05) is 28.7 Å². The van der Waals surface area contributed by atoms with Crippen molar-refractivity contribution in [3.63, 3.8) is 0 Å². The summed E-state index contributed by atoms with van der Waals surface area (Å²) in [4.78, 5) is 6.21. The number of rotatable bonds is 6. The zero-order valence-corrected chi connectivity index (χ0v) is 20.8. The molecule has 0 saturated heterocycles. The van der Waals surface area contributed by atoms with Crippen LogP contribution in [0.25, 0.3) is 16.2 Å². The molecule has 1 saturated carbocycles. The van der Waals surface area contributed by atoms with E-state index < -0.39 is 0 Å². The first-order valence-electron chi connectivity index (χ1n) is 12.4. The summed E-state index contributed by atoms with van der Waals surface area (Å²) >= 11 is 1.68. The van der Waals surface area contributed by atoms with Gasteiger partial charge in [-0.2, -0.15) is 0 Å². The van der Waals surface area contributed by atoms with Gasteiger partial charge in [0.15, 0.2) is 11.4 Å². The summed E-state index contributed by atoms with van der Waals surface area (Å²) in [5.74, 6) is 8.38. The van der Waals surface area contributed by atoms with Gasteiger partial charge in [0.05, 0.1) is 4.88 Å². The molecule has 3 aromatic heterocycles. The number of anilines is 1. The van der Waals surface area contributed by atoms with E-state index in [0.717, 1.165) is 44.5 Å². The maximum Gasteiger partial charge on any atom is 0.182 e. The van der Waals surface area contributed by atoms with Crippen LogP contribution >= 0.6 is 11.3 Å². The van der Waals surface area contributed by atoms with Crippen LogP contribution in [0.3, 0.4) is 0 Å². The van der Waals surface area contributed by atoms with E-state index in [1.54, 1.807) is 11.3 Å². The minimum atomic E-state index is 0.467. The van der Waals surface area contributed by atoms with E-state index >= 15 is 0 Å². The Kier molecular flexibility index (Phi) is 6.43. The second-order valence-corrected chi connectivity index (χ2v) is 10.0. The zero-order valence-electron chi connectivity index (χ0n) is 20.0. The lowest BCUT2D eigenvalue weighted by molar-refractivity contribution is 0.308. The van der Waals surface area contributed by atoms with E-state index in [4.69, 9.17) is 9.72 Å². The molecule has 3 heterocycles. The highest BCUT2D eigenvalue weighted by Gasteiger charge is 2.22. The SMILES string of the molecule is C(#Cc1csc(-c2nc3c(OCc4ccccc4)cccn3c2NC2CCCC2)c1)c1ccccc1. The van der Waals surface area contributed by atoms with Crippen LogP contribution in [0.4, 0.5) is 5.82 Å². The summed E-state index contributed by atoms with van der Waals surface area (Å²) in [5, 5.41) is 5.93. The number of thiophene rings is 1. The number of aromatic nitrogens is 2. The molecular weight excluding hydrogens is 462 g/mol. The molecule has 2 aromatic carbocycles. The standard InChI is InChI=1S/C31H27N3OS/c1-3-10-23(11-4-1)17-18-25-20-28(36-22-25)29-31(32-26-14-7-8-15-26)34-19-9-16-27(30(34)33-29)35-21-24-12-5-2-6-13-24/h1-6,9-13,16,19-20,22,26,32H,7-8,14-15,21H2. The minimum Gasteiger partial charge on any atom is -0.485 e. The van der Waals surface area contributed by atoms with Crippen LogP contribution in [0.5, 0.6) is 5.75 Å². The van der Waals surface area contributed by atoms with Crippen LogP contribution in [0, 0.1) is 11.8 Å². The monoisotopic (exact) mass is 489 g/mol. The highest BCUT2D eigenvalue weighted by molar-refractivity contribution is 7.13. The molecule has 0 amide bonds. The number of hydrogen-bond donors (Lipinski definition) is 1. The third-order valence-corrected chi connectivity index (χ3v) is 7.44. The molecule has 1 aliphatic carbocycles. The first-order chi connectivity index (χ1) is 17.8. The molecule has 0 radical (unpaired) electrons. The molecule has 36 heavy (non-hydrogen) atoms. The largest absolute Gasteiger partial charge is 0.485 e. The van der Waals surface area contributed by atoms with Crippen molar-refractivity contribution in [2.75, 3.05) is 5.32 Å². The summed E-state index contributed by atoms with van der Waals surface area (Å²) < 4.78 is 8.38. The van der Waals surface area contributed by atoms with E-state index in [0.29, 0.717) is 12.6 Å². The lowest BCUT2D eigenvalue weighted by Gasteiger charge is -2.14. The Labute approximate surface area is 215 Å². The van der Waals surface area contributed by atoms with Gasteiger partial charge in [-0.25, -0.2) is 4.98 Å². The van der Waals surface area contributed by atoms with Crippen molar-refractivity contribution in [3.8, 4) is 28.2 Å². The van der Waals surface area contributed by atoms with E-state index in [1.807, 2.05) is 60.7 Å². The van der Waals surface area contributed by atoms with Gasteiger partial charge in [0.1, 0.15) is 18.1 Å². The van der Waals surface area contributed by atoms with Crippen LogP contribution < -0.4 is 10.1 Å². The van der Waals surface area contributed by atoms with Gasteiger partial charge in [-0.15, -0.1) is 11.3 Å². The fourth-order valence-corrected chi connectivity index (χ4v) is 5.49. The molecule has 178 valence electrons. The lowest BCUT2D eigenvalue weighted by atomic mass is 10.2. The minimum absolute atomic E-state index is 0.467. The fraction of sp³-hybridized carbons (Fsp3) is 0.194. The molecule has 0 aliphatic heterocycles. The van der Waals surface area contributed by atoms with Gasteiger partial charge < -0.3 is 10.1 Å². The van der Waals surface area contributed by atoms with Crippen LogP contribution in [-0.4, -0.2) is 15.4 Å². The molecular formula is C31H27N3OS. The normalized spacial score (nSPS) is 13.4. The molecule has 0 atom stereocenters. The van der Waals surface area contributed by atoms with E-state index in [2.05, 4.69) is 51.3 Å². The van der Waals surface area contributed by atoms with Gasteiger partial charge in [-0.1, -0.05) is 73.2 Å². The second-order valence-electron chi connectivity index (χ2n) is 9.09. The summed E-state index contributed by atoms with van der Waals surface area (Å²) in [6, 6.07) is 27.0. The topological polar surface area (TPSA) is 38.6 Å². The molecule has 6 rings (SSSR count). The van der Waals surface area contributed by atoms with E-state index in [1.165, 1.54) is 25.7 Å². The summed E-state index contributed by atoms with van der Waals surface area (Å²) in [7, 11) is 0. The van der Waals surface area contributed by atoms with Gasteiger partial charge >= 0.3 is 0 Å². The third kappa shape index (κ3) is 4.86. The average Bonchev–Trinajstić information content (AvgIpc) is 3.69. The molecule has 1 N–H and O–H groups in total. The number of benzene rings is 2. The predicted molar refractivity (Wildman–Crippen MR) is 148 cm³/mol. The maximum absolute atomic E-state index is 6.24. The summed E-state index contributed by atoms with van der Waals surface area (Å²) in [6.45, 7) is 0.506. The Morgan fingerprint density at radius 1 is 0.917 bits per heavy atom. The molecule has 0 bridgehead atoms. The van der Waals surface area contributed by atoms with Crippen molar-refractivity contribution in [2.45, 2.75) is 38.3 Å². The Morgan fingerprint density at radius 2 is 1.67 bits per heavy atom. The number of nitrogens with zero attached hydrogens (tertiary/aromatic N) is 2.